The molecular weight excluding hydrogens is 687 g/mol. The summed E-state index contributed by atoms with van der Waals surface area (Å²) in [5, 5.41) is 44.2. The van der Waals surface area contributed by atoms with Crippen LogP contribution in [-0.4, -0.2) is 158 Å². The number of rotatable bonds is 23. The number of hydrogen-bond donors (Lipinski definition) is 11. The molecular formula is C28H51N8O13P. The van der Waals surface area contributed by atoms with Gasteiger partial charge in [-0.25, -0.2) is 9.79 Å². The van der Waals surface area contributed by atoms with Gasteiger partial charge in [0.15, 0.2) is 12.1 Å². The van der Waals surface area contributed by atoms with Gasteiger partial charge in [-0.3, -0.25) is 14.2 Å². The van der Waals surface area contributed by atoms with Crippen LogP contribution in [0.25, 0.3) is 0 Å². The highest BCUT2D eigenvalue weighted by molar-refractivity contribution is 7.57. The lowest BCUT2D eigenvalue weighted by Gasteiger charge is -2.39. The maximum atomic E-state index is 13.0. The second-order valence-corrected chi connectivity index (χ2v) is 13.5. The molecule has 0 aliphatic carbocycles. The topological polar surface area (TPSA) is 320 Å². The maximum absolute atomic E-state index is 13.0. The van der Waals surface area contributed by atoms with E-state index in [9.17, 15) is 39.2 Å². The summed E-state index contributed by atoms with van der Waals surface area (Å²) in [6.07, 6.45) is -2.17. The van der Waals surface area contributed by atoms with Gasteiger partial charge in [0.05, 0.1) is 77.0 Å². The van der Waals surface area contributed by atoms with Gasteiger partial charge in [-0.2, -0.15) is 0 Å². The van der Waals surface area contributed by atoms with Crippen LogP contribution in [0.2, 0.25) is 0 Å². The molecule has 2 saturated heterocycles. The normalized spacial score (nSPS) is 26.7. The number of nitrogens with zero attached hydrogens (tertiary/aromatic N) is 1. The van der Waals surface area contributed by atoms with Crippen LogP contribution in [0.5, 0.6) is 0 Å². The Morgan fingerprint density at radius 2 is 1.76 bits per heavy atom. The molecule has 0 spiro atoms. The highest BCUT2D eigenvalue weighted by Gasteiger charge is 2.46. The summed E-state index contributed by atoms with van der Waals surface area (Å²) < 4.78 is 39.8. The van der Waals surface area contributed by atoms with Crippen LogP contribution in [-0.2, 0) is 37.6 Å². The van der Waals surface area contributed by atoms with Gasteiger partial charge in [0.1, 0.15) is 12.2 Å². The number of aliphatic imine (C=N–C) groups is 1. The number of nitrogens with one attached hydrogen (secondary N) is 5. The van der Waals surface area contributed by atoms with E-state index in [1.165, 1.54) is 6.92 Å². The summed E-state index contributed by atoms with van der Waals surface area (Å²) in [6, 6.07) is -2.22. The molecule has 22 heteroatoms. The summed E-state index contributed by atoms with van der Waals surface area (Å²) in [7, 11) is -4.68. The summed E-state index contributed by atoms with van der Waals surface area (Å²) in [6.45, 7) is 2.20. The molecule has 3 heterocycles. The number of aliphatic hydroxyl groups is 3. The second kappa shape index (κ2) is 20.7. The third-order valence-electron chi connectivity index (χ3n) is 7.96. The van der Waals surface area contributed by atoms with Crippen LogP contribution in [0, 0.1) is 0 Å². The van der Waals surface area contributed by atoms with E-state index >= 15 is 0 Å². The highest BCUT2D eigenvalue weighted by Crippen LogP contribution is 2.53. The molecule has 9 atom stereocenters. The molecule has 2 fully saturated rings. The van der Waals surface area contributed by atoms with E-state index in [-0.39, 0.29) is 63.1 Å². The monoisotopic (exact) mass is 738 g/mol. The predicted molar refractivity (Wildman–Crippen MR) is 175 cm³/mol. The molecule has 2 unspecified atom stereocenters. The second-order valence-electron chi connectivity index (χ2n) is 11.8. The summed E-state index contributed by atoms with van der Waals surface area (Å²) in [5.74, 6) is -1.07. The smallest absolute Gasteiger partial charge is 0.392 e. The molecule has 0 saturated carbocycles. The number of carbonyl (C=O) groups is 3. The van der Waals surface area contributed by atoms with E-state index in [1.807, 2.05) is 0 Å². The van der Waals surface area contributed by atoms with Crippen molar-refractivity contribution in [2.24, 2.45) is 16.5 Å². The zero-order chi connectivity index (χ0) is 36.7. The number of fused-ring (bicyclic) bond motifs is 1. The third-order valence-corrected chi connectivity index (χ3v) is 9.31. The van der Waals surface area contributed by atoms with Gasteiger partial charge in [-0.15, -0.1) is 0 Å². The summed E-state index contributed by atoms with van der Waals surface area (Å²) in [4.78, 5) is 49.8. The predicted octanol–water partition coefficient (Wildman–Crippen LogP) is -4.35. The first-order valence-electron chi connectivity index (χ1n) is 16.3. The lowest BCUT2D eigenvalue weighted by Crippen LogP contribution is -2.59. The Balaban J connectivity index is 1.25. The van der Waals surface area contributed by atoms with Crippen molar-refractivity contribution in [2.45, 2.75) is 74.7 Å². The van der Waals surface area contributed by atoms with Crippen LogP contribution < -0.4 is 38.1 Å². The van der Waals surface area contributed by atoms with E-state index in [1.54, 1.807) is 0 Å². The minimum Gasteiger partial charge on any atom is -0.478 e. The number of urea groups is 1. The molecule has 3 rings (SSSR count). The summed E-state index contributed by atoms with van der Waals surface area (Å²) >= 11 is 0. The minimum absolute atomic E-state index is 0.0574. The van der Waals surface area contributed by atoms with E-state index in [0.29, 0.717) is 32.6 Å². The summed E-state index contributed by atoms with van der Waals surface area (Å²) in [5.41, 5.74) is 10.3. The van der Waals surface area contributed by atoms with Crippen LogP contribution in [0.3, 0.4) is 0 Å². The van der Waals surface area contributed by atoms with Gasteiger partial charge in [0.2, 0.25) is 17.3 Å². The fraction of sp³-hybridized carbons (Fsp3) is 0.786. The van der Waals surface area contributed by atoms with Gasteiger partial charge < -0.3 is 81.7 Å². The number of nitrogens with two attached hydrogens (primary N) is 2. The van der Waals surface area contributed by atoms with Crippen molar-refractivity contribution in [3.05, 3.63) is 11.6 Å². The first-order chi connectivity index (χ1) is 23.8. The van der Waals surface area contributed by atoms with Crippen molar-refractivity contribution in [1.82, 2.24) is 26.6 Å². The van der Waals surface area contributed by atoms with E-state index in [2.05, 4.69) is 31.6 Å². The molecule has 21 nitrogen and oxygen atoms in total. The number of guanidine groups is 1. The number of carbonyl (C=O) groups excluding carboxylic acids is 3. The number of hydrogen-bond acceptors (Lipinski definition) is 14. The Morgan fingerprint density at radius 3 is 2.40 bits per heavy atom. The van der Waals surface area contributed by atoms with Gasteiger partial charge in [-0.1, -0.05) is 0 Å². The molecule has 0 radical (unpaired) electrons. The average molecular weight is 739 g/mol. The van der Waals surface area contributed by atoms with Crippen LogP contribution in [0.4, 0.5) is 4.79 Å². The quantitative estimate of drug-likeness (QED) is 0.0204. The van der Waals surface area contributed by atoms with Gasteiger partial charge in [-0.05, 0) is 18.9 Å². The first kappa shape index (κ1) is 41.3. The fourth-order valence-corrected chi connectivity index (χ4v) is 6.66. The van der Waals surface area contributed by atoms with Crippen molar-refractivity contribution < 1.29 is 62.6 Å². The molecule has 286 valence electrons. The maximum Gasteiger partial charge on any atom is 0.392 e. The SMILES string of the molecule is CC(=O)N[C@H]1C([C@H](O)[C@H](O)CO)OC(P(=O)(O)OCCOCCOCCOCCNC(=O)CCC[C@@H]2NC[C@@H]3NC(=O)N[C@H]23)=C[C@@H]1N=C(N)N. The van der Waals surface area contributed by atoms with Gasteiger partial charge in [0.25, 0.3) is 0 Å². The van der Waals surface area contributed by atoms with E-state index < -0.39 is 62.0 Å². The molecule has 0 aromatic rings. The molecule has 4 amide bonds. The molecule has 0 aromatic heterocycles. The highest BCUT2D eigenvalue weighted by atomic mass is 31.2. The van der Waals surface area contributed by atoms with E-state index in [4.69, 9.17) is 34.9 Å². The first-order valence-corrected chi connectivity index (χ1v) is 17.9. The number of aliphatic hydroxyl groups excluding tert-OH is 3. The average Bonchev–Trinajstić information content (AvgIpc) is 3.61. The van der Waals surface area contributed by atoms with E-state index in [0.717, 1.165) is 19.0 Å². The standard InChI is InChI=1S/C28H51N8O13P/c1-16(38)33-24-18(34-27(29)30)13-22(49-26(24)25(41)20(39)15-37)50(43,44)48-12-11-47-10-9-46-8-7-45-6-5-31-21(40)4-2-3-17-23-19(14-32-17)35-28(42)36-23/h13,17-20,23-26,32,37,39,41H,2-12,14-15H2,1H3,(H,31,40)(H,33,38)(H,43,44)(H4,29,30,34)(H2,35,36,42)/t17-,18-,19-,20+,23+,24+,25+,26?/m0/s1. The lowest BCUT2D eigenvalue weighted by molar-refractivity contribution is -0.125. The van der Waals surface area contributed by atoms with Crippen molar-refractivity contribution in [3.63, 3.8) is 0 Å². The van der Waals surface area contributed by atoms with Gasteiger partial charge >= 0.3 is 13.6 Å². The molecule has 13 N–H and O–H groups in total. The van der Waals surface area contributed by atoms with Crippen molar-refractivity contribution in [3.8, 4) is 0 Å². The largest absolute Gasteiger partial charge is 0.478 e. The van der Waals surface area contributed by atoms with Crippen LogP contribution in [0.15, 0.2) is 16.6 Å². The Bertz CT molecular complexity index is 1230. The Labute approximate surface area is 289 Å². The van der Waals surface area contributed by atoms with Crippen LogP contribution >= 0.6 is 7.60 Å². The van der Waals surface area contributed by atoms with Crippen molar-refractivity contribution in [1.29, 1.82) is 0 Å². The Hall–Kier alpha value is -3.11. The Morgan fingerprint density at radius 1 is 1.10 bits per heavy atom. The van der Waals surface area contributed by atoms with Crippen LogP contribution in [0.1, 0.15) is 26.2 Å². The fourth-order valence-electron chi connectivity index (χ4n) is 5.61. The van der Waals surface area contributed by atoms with Crippen molar-refractivity contribution >= 4 is 31.4 Å². The molecule has 50 heavy (non-hydrogen) atoms. The molecule has 3 aliphatic rings. The van der Waals surface area contributed by atoms with Gasteiger partial charge in [0, 0.05) is 32.5 Å². The van der Waals surface area contributed by atoms with Crippen molar-refractivity contribution in [2.75, 3.05) is 65.9 Å². The zero-order valence-corrected chi connectivity index (χ0v) is 28.8. The minimum atomic E-state index is -4.68. The number of amides is 4. The lowest BCUT2D eigenvalue weighted by atomic mass is 9.93. The molecule has 0 bridgehead atoms. The number of ether oxygens (including phenoxy) is 4. The Kier molecular flexibility index (Phi) is 17.1. The third kappa shape index (κ3) is 13.2. The zero-order valence-electron chi connectivity index (χ0n) is 27.9. The molecule has 3 aliphatic heterocycles. The molecule has 0 aromatic carbocycles.